The number of aryl methyl sites for hydroxylation is 1. The van der Waals surface area contributed by atoms with Crippen molar-refractivity contribution in [3.05, 3.63) is 72.4 Å². The first kappa shape index (κ1) is 14.6. The first-order valence-electron chi connectivity index (χ1n) is 7.01. The summed E-state index contributed by atoms with van der Waals surface area (Å²) in [6.07, 6.45) is 1.22. The van der Waals surface area contributed by atoms with Crippen LogP contribution in [0.5, 0.6) is 0 Å². The summed E-state index contributed by atoms with van der Waals surface area (Å²) < 4.78 is 25.3. The normalized spacial score (nSPS) is 11.5. The summed E-state index contributed by atoms with van der Waals surface area (Å²) in [6.45, 7) is 2.04. The van der Waals surface area contributed by atoms with Crippen LogP contribution in [0.3, 0.4) is 0 Å². The Balaban J connectivity index is 2.12. The third-order valence-corrected chi connectivity index (χ3v) is 4.80. The van der Waals surface area contributed by atoms with E-state index < -0.39 is 9.84 Å². The topological polar surface area (TPSA) is 39.1 Å². The van der Waals surface area contributed by atoms with Gasteiger partial charge in [-0.25, -0.2) is 8.42 Å². The molecule has 0 amide bonds. The molecule has 3 nitrogen and oxygen atoms in total. The lowest BCUT2D eigenvalue weighted by Crippen LogP contribution is -2.01. The predicted molar refractivity (Wildman–Crippen MR) is 89.1 cm³/mol. The first-order chi connectivity index (χ1) is 10.5. The minimum absolute atomic E-state index is 0.335. The predicted octanol–water partition coefficient (Wildman–Crippen LogP) is 3.86. The standard InChI is InChI=1S/C18H17NO2S/c1-14-8-13-18(15-6-4-3-5-7-15)19(14)16-9-11-17(12-10-16)22(2,20)21/h3-13H,1-2H3. The van der Waals surface area contributed by atoms with Crippen molar-refractivity contribution >= 4 is 9.84 Å². The minimum atomic E-state index is -3.17. The quantitative estimate of drug-likeness (QED) is 0.737. The highest BCUT2D eigenvalue weighted by Crippen LogP contribution is 2.26. The van der Waals surface area contributed by atoms with Crippen LogP contribution >= 0.6 is 0 Å². The zero-order valence-corrected chi connectivity index (χ0v) is 13.3. The SMILES string of the molecule is Cc1ccc(-c2ccccc2)n1-c1ccc(S(C)(=O)=O)cc1. The number of sulfone groups is 1. The highest BCUT2D eigenvalue weighted by molar-refractivity contribution is 7.90. The zero-order valence-electron chi connectivity index (χ0n) is 12.5. The largest absolute Gasteiger partial charge is 0.314 e. The van der Waals surface area contributed by atoms with Gasteiger partial charge in [0.1, 0.15) is 0 Å². The number of rotatable bonds is 3. The molecule has 0 spiro atoms. The molecule has 0 aliphatic heterocycles. The summed E-state index contributed by atoms with van der Waals surface area (Å²) in [6, 6.07) is 21.3. The molecular formula is C18H17NO2S. The molecule has 0 unspecified atom stereocenters. The smallest absolute Gasteiger partial charge is 0.175 e. The lowest BCUT2D eigenvalue weighted by Gasteiger charge is -2.12. The Morgan fingerprint density at radius 1 is 0.818 bits per heavy atom. The summed E-state index contributed by atoms with van der Waals surface area (Å²) >= 11 is 0. The van der Waals surface area contributed by atoms with Crippen LogP contribution in [0.1, 0.15) is 5.69 Å². The molecule has 0 radical (unpaired) electrons. The molecule has 22 heavy (non-hydrogen) atoms. The summed E-state index contributed by atoms with van der Waals surface area (Å²) in [5.41, 5.74) is 4.27. The van der Waals surface area contributed by atoms with E-state index in [2.05, 4.69) is 28.8 Å². The highest BCUT2D eigenvalue weighted by Gasteiger charge is 2.11. The van der Waals surface area contributed by atoms with Gasteiger partial charge in [-0.2, -0.15) is 0 Å². The molecule has 0 aliphatic rings. The number of aromatic nitrogens is 1. The third-order valence-electron chi connectivity index (χ3n) is 3.67. The van der Waals surface area contributed by atoms with E-state index >= 15 is 0 Å². The van der Waals surface area contributed by atoms with Gasteiger partial charge in [-0.3, -0.25) is 0 Å². The Morgan fingerprint density at radius 2 is 1.45 bits per heavy atom. The van der Waals surface area contributed by atoms with Crippen molar-refractivity contribution in [1.29, 1.82) is 0 Å². The Labute approximate surface area is 130 Å². The van der Waals surface area contributed by atoms with E-state index in [1.54, 1.807) is 12.1 Å². The Kier molecular flexibility index (Phi) is 3.62. The molecule has 0 fully saturated rings. The van der Waals surface area contributed by atoms with Gasteiger partial charge in [-0.1, -0.05) is 30.3 Å². The lowest BCUT2D eigenvalue weighted by molar-refractivity contribution is 0.602. The van der Waals surface area contributed by atoms with Gasteiger partial charge in [-0.15, -0.1) is 0 Å². The van der Waals surface area contributed by atoms with Crippen LogP contribution in [-0.2, 0) is 9.84 Å². The maximum absolute atomic E-state index is 11.6. The van der Waals surface area contributed by atoms with Gasteiger partial charge >= 0.3 is 0 Å². The zero-order chi connectivity index (χ0) is 15.7. The molecule has 3 aromatic rings. The molecule has 112 valence electrons. The second-order valence-corrected chi connectivity index (χ2v) is 7.34. The molecule has 0 N–H and O–H groups in total. The van der Waals surface area contributed by atoms with E-state index in [-0.39, 0.29) is 0 Å². The molecular weight excluding hydrogens is 294 g/mol. The molecule has 0 saturated carbocycles. The third kappa shape index (κ3) is 2.70. The molecule has 1 heterocycles. The highest BCUT2D eigenvalue weighted by atomic mass is 32.2. The fourth-order valence-electron chi connectivity index (χ4n) is 2.56. The van der Waals surface area contributed by atoms with Crippen LogP contribution in [0.25, 0.3) is 16.9 Å². The molecule has 0 atom stereocenters. The average molecular weight is 311 g/mol. The summed E-state index contributed by atoms with van der Waals surface area (Å²) in [4.78, 5) is 0.335. The fourth-order valence-corrected chi connectivity index (χ4v) is 3.19. The van der Waals surface area contributed by atoms with Gasteiger partial charge < -0.3 is 4.57 Å². The van der Waals surface area contributed by atoms with Crippen molar-refractivity contribution < 1.29 is 8.42 Å². The van der Waals surface area contributed by atoms with Gasteiger partial charge in [0, 0.05) is 17.6 Å². The van der Waals surface area contributed by atoms with Crippen LogP contribution in [0.15, 0.2) is 71.6 Å². The lowest BCUT2D eigenvalue weighted by atomic mass is 10.1. The van der Waals surface area contributed by atoms with E-state index in [0.717, 1.165) is 22.6 Å². The molecule has 1 aromatic heterocycles. The molecule has 0 saturated heterocycles. The van der Waals surface area contributed by atoms with Gasteiger partial charge in [-0.05, 0) is 48.9 Å². The fraction of sp³-hybridized carbons (Fsp3) is 0.111. The minimum Gasteiger partial charge on any atom is -0.314 e. The van der Waals surface area contributed by atoms with Crippen molar-refractivity contribution in [2.24, 2.45) is 0 Å². The van der Waals surface area contributed by atoms with Gasteiger partial charge in [0.15, 0.2) is 9.84 Å². The number of hydrogen-bond donors (Lipinski definition) is 0. The van der Waals surface area contributed by atoms with Gasteiger partial charge in [0.2, 0.25) is 0 Å². The summed E-state index contributed by atoms with van der Waals surface area (Å²) in [5.74, 6) is 0. The second-order valence-electron chi connectivity index (χ2n) is 5.33. The molecule has 0 bridgehead atoms. The Hall–Kier alpha value is -2.33. The Morgan fingerprint density at radius 3 is 2.05 bits per heavy atom. The van der Waals surface area contributed by atoms with E-state index in [1.807, 2.05) is 37.3 Å². The Bertz CT molecular complexity index is 892. The molecule has 3 rings (SSSR count). The average Bonchev–Trinajstić information content (AvgIpc) is 2.89. The van der Waals surface area contributed by atoms with Crippen LogP contribution in [0, 0.1) is 6.92 Å². The van der Waals surface area contributed by atoms with E-state index in [1.165, 1.54) is 6.26 Å². The van der Waals surface area contributed by atoms with Crippen LogP contribution in [0.4, 0.5) is 0 Å². The van der Waals surface area contributed by atoms with Crippen molar-refractivity contribution in [3.8, 4) is 16.9 Å². The van der Waals surface area contributed by atoms with Crippen molar-refractivity contribution in [2.75, 3.05) is 6.26 Å². The molecule has 0 aliphatic carbocycles. The molecule has 4 heteroatoms. The van der Waals surface area contributed by atoms with Crippen molar-refractivity contribution in [3.63, 3.8) is 0 Å². The van der Waals surface area contributed by atoms with Gasteiger partial charge in [0.25, 0.3) is 0 Å². The summed E-state index contributed by atoms with van der Waals surface area (Å²) in [5, 5.41) is 0. The van der Waals surface area contributed by atoms with E-state index in [4.69, 9.17) is 0 Å². The number of nitrogens with zero attached hydrogens (tertiary/aromatic N) is 1. The summed E-state index contributed by atoms with van der Waals surface area (Å²) in [7, 11) is -3.17. The van der Waals surface area contributed by atoms with Crippen LogP contribution in [0.2, 0.25) is 0 Å². The maximum atomic E-state index is 11.6. The van der Waals surface area contributed by atoms with E-state index in [9.17, 15) is 8.42 Å². The van der Waals surface area contributed by atoms with Crippen molar-refractivity contribution in [1.82, 2.24) is 4.57 Å². The first-order valence-corrected chi connectivity index (χ1v) is 8.90. The number of benzene rings is 2. The van der Waals surface area contributed by atoms with Crippen LogP contribution in [-0.4, -0.2) is 19.2 Å². The number of hydrogen-bond acceptors (Lipinski definition) is 2. The van der Waals surface area contributed by atoms with Crippen LogP contribution < -0.4 is 0 Å². The second kappa shape index (κ2) is 5.46. The van der Waals surface area contributed by atoms with Gasteiger partial charge in [0.05, 0.1) is 10.6 Å². The van der Waals surface area contributed by atoms with E-state index in [0.29, 0.717) is 4.90 Å². The van der Waals surface area contributed by atoms with Crippen molar-refractivity contribution in [2.45, 2.75) is 11.8 Å². The maximum Gasteiger partial charge on any atom is 0.175 e. The molecule has 2 aromatic carbocycles. The monoisotopic (exact) mass is 311 g/mol.